The summed E-state index contributed by atoms with van der Waals surface area (Å²) in [5.74, 6) is -0.193. The van der Waals surface area contributed by atoms with E-state index in [1.165, 1.54) is 9.21 Å². The van der Waals surface area contributed by atoms with Gasteiger partial charge in [0.2, 0.25) is 15.9 Å². The van der Waals surface area contributed by atoms with Gasteiger partial charge in [-0.1, -0.05) is 30.3 Å². The van der Waals surface area contributed by atoms with Gasteiger partial charge in [0.1, 0.15) is 0 Å². The minimum Gasteiger partial charge on any atom is -0.355 e. The number of carbonyl (C=O) groups is 2. The van der Waals surface area contributed by atoms with Crippen molar-refractivity contribution in [3.63, 3.8) is 0 Å². The van der Waals surface area contributed by atoms with Crippen molar-refractivity contribution in [2.24, 2.45) is 5.41 Å². The first-order valence-electron chi connectivity index (χ1n) is 8.95. The highest BCUT2D eigenvalue weighted by Crippen LogP contribution is 2.32. The molecule has 1 aromatic carbocycles. The van der Waals surface area contributed by atoms with Crippen LogP contribution < -0.4 is 5.32 Å². The molecule has 2 aliphatic heterocycles. The van der Waals surface area contributed by atoms with Crippen LogP contribution in [0.5, 0.6) is 0 Å². The van der Waals surface area contributed by atoms with Crippen molar-refractivity contribution >= 4 is 22.0 Å². The van der Waals surface area contributed by atoms with Gasteiger partial charge in [0, 0.05) is 58.7 Å². The second-order valence-corrected chi connectivity index (χ2v) is 9.60. The first-order chi connectivity index (χ1) is 12.7. The van der Waals surface area contributed by atoms with E-state index in [1.807, 2.05) is 18.2 Å². The summed E-state index contributed by atoms with van der Waals surface area (Å²) >= 11 is 0. The molecule has 1 unspecified atom stereocenters. The van der Waals surface area contributed by atoms with E-state index in [0.717, 1.165) is 5.56 Å². The Bertz CT molecular complexity index is 812. The number of hydrogen-bond donors (Lipinski definition) is 1. The molecule has 27 heavy (non-hydrogen) atoms. The first kappa shape index (κ1) is 19.6. The van der Waals surface area contributed by atoms with E-state index in [0.29, 0.717) is 19.6 Å². The molecule has 8 nitrogen and oxygen atoms in total. The average molecular weight is 394 g/mol. The normalized spacial score (nSPS) is 23.9. The summed E-state index contributed by atoms with van der Waals surface area (Å²) in [4.78, 5) is 27.5. The lowest BCUT2D eigenvalue weighted by Crippen LogP contribution is -2.47. The van der Waals surface area contributed by atoms with Crippen molar-refractivity contribution in [2.45, 2.75) is 12.2 Å². The number of benzene rings is 1. The summed E-state index contributed by atoms with van der Waals surface area (Å²) in [5, 5.41) is 2.81. The molecule has 9 heteroatoms. The minimum atomic E-state index is -3.57. The smallest absolute Gasteiger partial charge is 0.319 e. The summed E-state index contributed by atoms with van der Waals surface area (Å²) in [6.07, 6.45) is 0.224. The molecule has 1 aromatic rings. The molecule has 0 bridgehead atoms. The van der Waals surface area contributed by atoms with Crippen LogP contribution >= 0.6 is 0 Å². The van der Waals surface area contributed by atoms with Gasteiger partial charge in [-0.05, 0) is 5.56 Å². The van der Waals surface area contributed by atoms with Gasteiger partial charge in [0.15, 0.2) is 0 Å². The Balaban J connectivity index is 1.86. The van der Waals surface area contributed by atoms with E-state index in [-0.39, 0.29) is 37.2 Å². The van der Waals surface area contributed by atoms with Crippen LogP contribution in [0.15, 0.2) is 30.3 Å². The number of urea groups is 1. The molecular weight excluding hydrogens is 368 g/mol. The van der Waals surface area contributed by atoms with Crippen molar-refractivity contribution in [2.75, 3.05) is 46.8 Å². The molecule has 3 amide bonds. The predicted molar refractivity (Wildman–Crippen MR) is 101 cm³/mol. The van der Waals surface area contributed by atoms with Gasteiger partial charge < -0.3 is 15.1 Å². The van der Waals surface area contributed by atoms with E-state index in [1.54, 1.807) is 31.1 Å². The van der Waals surface area contributed by atoms with E-state index in [4.69, 9.17) is 0 Å². The van der Waals surface area contributed by atoms with Gasteiger partial charge in [0.25, 0.3) is 0 Å². The lowest BCUT2D eigenvalue weighted by atomic mass is 9.86. The number of rotatable bonds is 3. The third kappa shape index (κ3) is 4.41. The van der Waals surface area contributed by atoms with Crippen molar-refractivity contribution in [1.82, 2.24) is 19.4 Å². The second-order valence-electron chi connectivity index (χ2n) is 7.63. The van der Waals surface area contributed by atoms with Crippen molar-refractivity contribution in [3.05, 3.63) is 35.9 Å². The fraction of sp³-hybridized carbons (Fsp3) is 0.556. The molecule has 0 aliphatic carbocycles. The van der Waals surface area contributed by atoms with Gasteiger partial charge in [-0.2, -0.15) is 4.31 Å². The van der Waals surface area contributed by atoms with Crippen LogP contribution in [0.4, 0.5) is 4.79 Å². The Hall–Kier alpha value is -2.13. The molecule has 1 spiro atoms. The van der Waals surface area contributed by atoms with Crippen LogP contribution in [-0.4, -0.2) is 81.3 Å². The van der Waals surface area contributed by atoms with E-state index in [9.17, 15) is 18.0 Å². The summed E-state index contributed by atoms with van der Waals surface area (Å²) in [7, 11) is -0.230. The number of sulfonamides is 1. The van der Waals surface area contributed by atoms with Crippen LogP contribution in [0.25, 0.3) is 0 Å². The van der Waals surface area contributed by atoms with Gasteiger partial charge in [0.05, 0.1) is 5.75 Å². The van der Waals surface area contributed by atoms with Gasteiger partial charge in [-0.15, -0.1) is 0 Å². The molecule has 2 aliphatic rings. The molecular formula is C18H26N4O4S. The van der Waals surface area contributed by atoms with E-state index in [2.05, 4.69) is 5.32 Å². The van der Waals surface area contributed by atoms with E-state index < -0.39 is 15.4 Å². The molecule has 0 saturated carbocycles. The quantitative estimate of drug-likeness (QED) is 0.800. The molecule has 1 N–H and O–H groups in total. The van der Waals surface area contributed by atoms with Crippen molar-refractivity contribution in [3.8, 4) is 0 Å². The van der Waals surface area contributed by atoms with Crippen LogP contribution in [0.2, 0.25) is 0 Å². The topological polar surface area (TPSA) is 90.0 Å². The largest absolute Gasteiger partial charge is 0.355 e. The predicted octanol–water partition coefficient (Wildman–Crippen LogP) is 0.322. The SMILES string of the molecule is CN(C)C(=O)N1CCN(S(=O)(=O)Cc2ccccc2)CC2(CNC(=O)C2)C1. The van der Waals surface area contributed by atoms with Crippen molar-refractivity contribution in [1.29, 1.82) is 0 Å². The molecule has 3 rings (SSSR count). The Labute approximate surface area is 160 Å². The minimum absolute atomic E-state index is 0.0904. The number of hydrogen-bond acceptors (Lipinski definition) is 4. The molecule has 1 atom stereocenters. The molecule has 148 valence electrons. The maximum Gasteiger partial charge on any atom is 0.319 e. The standard InChI is InChI=1S/C18H26N4O4S/c1-20(2)17(24)21-8-9-22(14-18(13-21)10-16(23)19-12-18)27(25,26)11-15-6-4-3-5-7-15/h3-7H,8-14H2,1-2H3,(H,19,23). The van der Waals surface area contributed by atoms with Crippen molar-refractivity contribution < 1.29 is 18.0 Å². The average Bonchev–Trinajstić information content (AvgIpc) is 2.85. The Morgan fingerprint density at radius 2 is 1.89 bits per heavy atom. The zero-order valence-electron chi connectivity index (χ0n) is 15.7. The van der Waals surface area contributed by atoms with Crippen LogP contribution in [0, 0.1) is 5.41 Å². The summed E-state index contributed by atoms with van der Waals surface area (Å²) in [6, 6.07) is 8.87. The van der Waals surface area contributed by atoms with Crippen LogP contribution in [0.1, 0.15) is 12.0 Å². The second kappa shape index (κ2) is 7.47. The third-order valence-electron chi connectivity index (χ3n) is 5.09. The number of amides is 3. The summed E-state index contributed by atoms with van der Waals surface area (Å²) in [6.45, 7) is 1.50. The number of carbonyl (C=O) groups excluding carboxylic acids is 2. The fourth-order valence-corrected chi connectivity index (χ4v) is 5.38. The number of nitrogens with zero attached hydrogens (tertiary/aromatic N) is 3. The van der Waals surface area contributed by atoms with Gasteiger partial charge in [-0.3, -0.25) is 4.79 Å². The van der Waals surface area contributed by atoms with Gasteiger partial charge in [-0.25, -0.2) is 13.2 Å². The number of nitrogens with one attached hydrogen (secondary N) is 1. The third-order valence-corrected chi connectivity index (χ3v) is 6.89. The first-order valence-corrected chi connectivity index (χ1v) is 10.6. The highest BCUT2D eigenvalue weighted by molar-refractivity contribution is 7.88. The molecule has 0 aromatic heterocycles. The summed E-state index contributed by atoms with van der Waals surface area (Å²) < 4.78 is 27.5. The van der Waals surface area contributed by atoms with Crippen LogP contribution in [-0.2, 0) is 20.6 Å². The lowest BCUT2D eigenvalue weighted by Gasteiger charge is -2.33. The van der Waals surface area contributed by atoms with E-state index >= 15 is 0 Å². The van der Waals surface area contributed by atoms with Crippen LogP contribution in [0.3, 0.4) is 0 Å². The highest BCUT2D eigenvalue weighted by atomic mass is 32.2. The maximum atomic E-state index is 13.0. The maximum absolute atomic E-state index is 13.0. The molecule has 2 saturated heterocycles. The molecule has 2 fully saturated rings. The monoisotopic (exact) mass is 394 g/mol. The molecule has 0 radical (unpaired) electrons. The molecule has 2 heterocycles. The zero-order chi connectivity index (χ0) is 19.7. The Kier molecular flexibility index (Phi) is 5.43. The lowest BCUT2D eigenvalue weighted by molar-refractivity contribution is -0.119. The Morgan fingerprint density at radius 3 is 2.48 bits per heavy atom. The van der Waals surface area contributed by atoms with Gasteiger partial charge >= 0.3 is 6.03 Å². The fourth-order valence-electron chi connectivity index (χ4n) is 3.75. The Morgan fingerprint density at radius 1 is 1.19 bits per heavy atom. The summed E-state index contributed by atoms with van der Waals surface area (Å²) in [5.41, 5.74) is 0.126. The zero-order valence-corrected chi connectivity index (χ0v) is 16.5. The highest BCUT2D eigenvalue weighted by Gasteiger charge is 2.46.